The fourth-order valence-electron chi connectivity index (χ4n) is 3.76. The van der Waals surface area contributed by atoms with Crippen LogP contribution < -0.4 is 5.32 Å². The molecule has 1 atom stereocenters. The molecule has 0 bridgehead atoms. The summed E-state index contributed by atoms with van der Waals surface area (Å²) < 4.78 is 0. The number of phenolic OH excluding ortho intramolecular Hbond substituents is 1. The topological polar surface area (TPSA) is 69.6 Å². The average molecular weight is 449 g/mol. The Kier molecular flexibility index (Phi) is 7.27. The minimum absolute atomic E-state index is 0.0728. The maximum atomic E-state index is 13.1. The lowest BCUT2D eigenvalue weighted by Gasteiger charge is -2.35. The zero-order chi connectivity index (χ0) is 21.8. The van der Waals surface area contributed by atoms with Gasteiger partial charge in [-0.3, -0.25) is 9.59 Å². The Morgan fingerprint density at radius 2 is 1.70 bits per heavy atom. The molecule has 1 heterocycles. The predicted octanol–water partition coefficient (Wildman–Crippen LogP) is 4.86. The van der Waals surface area contributed by atoms with Crippen LogP contribution in [0.5, 0.6) is 5.75 Å². The van der Waals surface area contributed by atoms with E-state index in [0.29, 0.717) is 19.0 Å². The Labute approximate surface area is 187 Å². The summed E-state index contributed by atoms with van der Waals surface area (Å²) >= 11 is 11.8. The number of rotatable bonds is 5. The van der Waals surface area contributed by atoms with Crippen molar-refractivity contribution in [1.82, 2.24) is 10.2 Å². The van der Waals surface area contributed by atoms with E-state index in [2.05, 4.69) is 5.32 Å². The first-order chi connectivity index (χ1) is 14.3. The number of nitrogens with zero attached hydrogens (tertiary/aromatic N) is 1. The van der Waals surface area contributed by atoms with E-state index in [1.807, 2.05) is 43.0 Å². The number of nitrogens with one attached hydrogen (secondary N) is 1. The van der Waals surface area contributed by atoms with Crippen LogP contribution in [0.25, 0.3) is 0 Å². The average Bonchev–Trinajstić information content (AvgIpc) is 2.74. The highest BCUT2D eigenvalue weighted by atomic mass is 35.5. The second-order valence-corrected chi connectivity index (χ2v) is 8.86. The second kappa shape index (κ2) is 9.71. The van der Waals surface area contributed by atoms with Gasteiger partial charge in [0.15, 0.2) is 0 Å². The number of hydrogen-bond donors (Lipinski definition) is 2. The highest BCUT2D eigenvalue weighted by molar-refractivity contribution is 6.32. The Hall–Kier alpha value is -2.24. The molecule has 0 radical (unpaired) electrons. The van der Waals surface area contributed by atoms with E-state index in [9.17, 15) is 14.7 Å². The molecule has 2 aromatic carbocycles. The summed E-state index contributed by atoms with van der Waals surface area (Å²) in [6.45, 7) is 5.10. The predicted molar refractivity (Wildman–Crippen MR) is 119 cm³/mol. The van der Waals surface area contributed by atoms with Crippen molar-refractivity contribution in [3.05, 3.63) is 63.6 Å². The maximum Gasteiger partial charge on any atom is 0.252 e. The van der Waals surface area contributed by atoms with Crippen LogP contribution in [0.3, 0.4) is 0 Å². The molecule has 0 aromatic heterocycles. The molecule has 5 nitrogen and oxygen atoms in total. The fourth-order valence-corrected chi connectivity index (χ4v) is 4.00. The van der Waals surface area contributed by atoms with Gasteiger partial charge in [-0.1, -0.05) is 49.2 Å². The number of carbonyl (C=O) groups is 2. The highest BCUT2D eigenvalue weighted by Gasteiger charge is 2.31. The number of hydrogen-bond acceptors (Lipinski definition) is 3. The molecule has 1 aliphatic heterocycles. The number of amides is 2. The van der Waals surface area contributed by atoms with E-state index in [1.165, 1.54) is 23.8 Å². The van der Waals surface area contributed by atoms with Crippen molar-refractivity contribution in [3.63, 3.8) is 0 Å². The van der Waals surface area contributed by atoms with Gasteiger partial charge in [-0.25, -0.2) is 0 Å². The first-order valence-electron chi connectivity index (χ1n) is 10.1. The van der Waals surface area contributed by atoms with Crippen molar-refractivity contribution in [1.29, 1.82) is 0 Å². The standard InChI is InChI=1S/C23H26Cl2N2O3/c1-14(2)21(26-22(29)17-5-8-19(25)20(28)13-17)23(30)27-11-9-16(10-12-27)15-3-6-18(24)7-4-15/h3-8,13-14,16,21,28H,9-12H2,1-2H3,(H,26,29)/t21-/m1/s1. The van der Waals surface area contributed by atoms with Crippen LogP contribution in [0.2, 0.25) is 10.0 Å². The summed E-state index contributed by atoms with van der Waals surface area (Å²) in [5, 5.41) is 13.5. The molecule has 2 aromatic rings. The molecule has 0 saturated carbocycles. The lowest BCUT2D eigenvalue weighted by atomic mass is 9.89. The fraction of sp³-hybridized carbons (Fsp3) is 0.391. The van der Waals surface area contributed by atoms with Crippen molar-refractivity contribution >= 4 is 35.0 Å². The van der Waals surface area contributed by atoms with Gasteiger partial charge < -0.3 is 15.3 Å². The quantitative estimate of drug-likeness (QED) is 0.685. The van der Waals surface area contributed by atoms with Gasteiger partial charge in [0.2, 0.25) is 5.91 Å². The number of halogens is 2. The number of benzene rings is 2. The molecule has 1 saturated heterocycles. The number of aromatic hydroxyl groups is 1. The minimum atomic E-state index is -0.637. The van der Waals surface area contributed by atoms with Crippen molar-refractivity contribution in [2.24, 2.45) is 5.92 Å². The van der Waals surface area contributed by atoms with Crippen LogP contribution in [-0.2, 0) is 4.79 Å². The van der Waals surface area contributed by atoms with E-state index >= 15 is 0 Å². The molecule has 1 fully saturated rings. The summed E-state index contributed by atoms with van der Waals surface area (Å²) in [5.74, 6) is -0.330. The smallest absolute Gasteiger partial charge is 0.252 e. The van der Waals surface area contributed by atoms with Gasteiger partial charge in [0.1, 0.15) is 11.8 Å². The SMILES string of the molecule is CC(C)[C@@H](NC(=O)c1ccc(Cl)c(O)c1)C(=O)N1CCC(c2ccc(Cl)cc2)CC1. The number of piperidine rings is 1. The minimum Gasteiger partial charge on any atom is -0.506 e. The Balaban J connectivity index is 1.63. The molecular weight excluding hydrogens is 423 g/mol. The van der Waals surface area contributed by atoms with Crippen LogP contribution in [0.1, 0.15) is 48.5 Å². The largest absolute Gasteiger partial charge is 0.506 e. The second-order valence-electron chi connectivity index (χ2n) is 8.01. The third-order valence-electron chi connectivity index (χ3n) is 5.58. The highest BCUT2D eigenvalue weighted by Crippen LogP contribution is 2.29. The summed E-state index contributed by atoms with van der Waals surface area (Å²) in [6, 6.07) is 11.5. The summed E-state index contributed by atoms with van der Waals surface area (Å²) in [7, 11) is 0. The maximum absolute atomic E-state index is 13.1. The normalized spacial score (nSPS) is 15.8. The van der Waals surface area contributed by atoms with Gasteiger partial charge in [-0.05, 0) is 60.6 Å². The lowest BCUT2D eigenvalue weighted by molar-refractivity contribution is -0.135. The number of phenols is 1. The van der Waals surface area contributed by atoms with Crippen LogP contribution >= 0.6 is 23.2 Å². The molecule has 0 spiro atoms. The van der Waals surface area contributed by atoms with E-state index < -0.39 is 11.9 Å². The molecule has 30 heavy (non-hydrogen) atoms. The summed E-state index contributed by atoms with van der Waals surface area (Å²) in [5.41, 5.74) is 1.50. The van der Waals surface area contributed by atoms with Crippen molar-refractivity contribution in [2.75, 3.05) is 13.1 Å². The molecule has 1 aliphatic rings. The zero-order valence-electron chi connectivity index (χ0n) is 17.1. The lowest BCUT2D eigenvalue weighted by Crippen LogP contribution is -2.52. The number of likely N-dealkylation sites (tertiary alicyclic amines) is 1. The van der Waals surface area contributed by atoms with Crippen LogP contribution in [-0.4, -0.2) is 41.0 Å². The van der Waals surface area contributed by atoms with Crippen molar-refractivity contribution < 1.29 is 14.7 Å². The van der Waals surface area contributed by atoms with Crippen LogP contribution in [0.15, 0.2) is 42.5 Å². The van der Waals surface area contributed by atoms with Gasteiger partial charge in [0.25, 0.3) is 5.91 Å². The molecule has 2 amide bonds. The van der Waals surface area contributed by atoms with Crippen LogP contribution in [0.4, 0.5) is 0 Å². The monoisotopic (exact) mass is 448 g/mol. The van der Waals surface area contributed by atoms with E-state index in [1.54, 1.807) is 0 Å². The summed E-state index contributed by atoms with van der Waals surface area (Å²) in [4.78, 5) is 27.6. The van der Waals surface area contributed by atoms with Crippen LogP contribution in [0, 0.1) is 5.92 Å². The van der Waals surface area contributed by atoms with Crippen molar-refractivity contribution in [2.45, 2.75) is 38.6 Å². The molecule has 160 valence electrons. The molecule has 0 aliphatic carbocycles. The summed E-state index contributed by atoms with van der Waals surface area (Å²) in [6.07, 6.45) is 1.74. The van der Waals surface area contributed by atoms with Gasteiger partial charge in [0, 0.05) is 23.7 Å². The van der Waals surface area contributed by atoms with Gasteiger partial charge in [0.05, 0.1) is 5.02 Å². The molecule has 2 N–H and O–H groups in total. The van der Waals surface area contributed by atoms with E-state index in [4.69, 9.17) is 23.2 Å². The van der Waals surface area contributed by atoms with Gasteiger partial charge in [-0.2, -0.15) is 0 Å². The van der Waals surface area contributed by atoms with Gasteiger partial charge in [-0.15, -0.1) is 0 Å². The molecular formula is C23H26Cl2N2O3. The molecule has 3 rings (SSSR count). The Bertz CT molecular complexity index is 907. The Morgan fingerprint density at radius 3 is 2.27 bits per heavy atom. The molecule has 7 heteroatoms. The van der Waals surface area contributed by atoms with Gasteiger partial charge >= 0.3 is 0 Å². The first-order valence-corrected chi connectivity index (χ1v) is 10.9. The van der Waals surface area contributed by atoms with Crippen molar-refractivity contribution in [3.8, 4) is 5.75 Å². The molecule has 0 unspecified atom stereocenters. The number of carbonyl (C=O) groups excluding carboxylic acids is 2. The Morgan fingerprint density at radius 1 is 1.07 bits per heavy atom. The van der Waals surface area contributed by atoms with E-state index in [0.717, 1.165) is 17.9 Å². The first kappa shape index (κ1) is 22.4. The third kappa shape index (κ3) is 5.27. The zero-order valence-corrected chi connectivity index (χ0v) is 18.6. The third-order valence-corrected chi connectivity index (χ3v) is 6.15. The van der Waals surface area contributed by atoms with E-state index in [-0.39, 0.29) is 28.2 Å².